The first kappa shape index (κ1) is 24.7. The number of aryl methyl sites for hydroxylation is 1. The molecule has 0 radical (unpaired) electrons. The minimum absolute atomic E-state index is 0.0000822. The van der Waals surface area contributed by atoms with Crippen LogP contribution in [0.2, 0.25) is 0 Å². The highest BCUT2D eigenvalue weighted by atomic mass is 32.1. The predicted molar refractivity (Wildman–Crippen MR) is 145 cm³/mol. The van der Waals surface area contributed by atoms with E-state index in [1.165, 1.54) is 10.9 Å². The largest absolute Gasteiger partial charge is 0.485 e. The van der Waals surface area contributed by atoms with Crippen molar-refractivity contribution in [3.63, 3.8) is 0 Å². The first-order valence-corrected chi connectivity index (χ1v) is 13.6. The monoisotopic (exact) mass is 503 g/mol. The van der Waals surface area contributed by atoms with E-state index in [4.69, 9.17) is 4.74 Å². The van der Waals surface area contributed by atoms with Gasteiger partial charge in [-0.2, -0.15) is 11.3 Å². The minimum atomic E-state index is -0.641. The maximum atomic E-state index is 13.1. The molecule has 2 aromatic carbocycles. The molecule has 0 fully saturated rings. The molecule has 4 aromatic rings. The molecule has 2 aromatic heterocycles. The first-order chi connectivity index (χ1) is 17.5. The molecular formula is C29H33N3O3S. The molecule has 1 aliphatic rings. The van der Waals surface area contributed by atoms with E-state index in [1.54, 1.807) is 15.9 Å². The zero-order chi connectivity index (χ0) is 25.1. The van der Waals surface area contributed by atoms with Crippen LogP contribution in [0.1, 0.15) is 54.1 Å². The summed E-state index contributed by atoms with van der Waals surface area (Å²) in [6.45, 7) is 4.10. The number of aliphatic hydroxyl groups is 1. The van der Waals surface area contributed by atoms with Crippen LogP contribution in [-0.4, -0.2) is 39.7 Å². The number of likely N-dealkylation sites (N-methyl/N-ethyl adjacent to an activating group) is 1. The number of benzene rings is 2. The van der Waals surface area contributed by atoms with E-state index in [2.05, 4.69) is 52.0 Å². The number of hydrogen-bond donors (Lipinski definition) is 1. The Balaban J connectivity index is 1.26. The molecule has 6 nitrogen and oxygen atoms in total. The molecule has 5 rings (SSSR count). The summed E-state index contributed by atoms with van der Waals surface area (Å²) in [5.74, 6) is 1.42. The lowest BCUT2D eigenvalue weighted by Crippen LogP contribution is -2.35. The highest BCUT2D eigenvalue weighted by Gasteiger charge is 2.23. The molecule has 0 saturated heterocycles. The summed E-state index contributed by atoms with van der Waals surface area (Å²) in [6.07, 6.45) is 2.25. The van der Waals surface area contributed by atoms with Crippen LogP contribution in [0.5, 0.6) is 5.75 Å². The Bertz CT molecular complexity index is 1380. The molecule has 188 valence electrons. The van der Waals surface area contributed by atoms with Crippen molar-refractivity contribution in [1.29, 1.82) is 0 Å². The van der Waals surface area contributed by atoms with Crippen LogP contribution < -0.4 is 10.3 Å². The summed E-state index contributed by atoms with van der Waals surface area (Å²) in [4.78, 5) is 19.9. The Morgan fingerprint density at radius 1 is 1.19 bits per heavy atom. The third kappa shape index (κ3) is 5.24. The van der Waals surface area contributed by atoms with Gasteiger partial charge in [0.1, 0.15) is 23.8 Å². The molecule has 0 bridgehead atoms. The third-order valence-electron chi connectivity index (χ3n) is 7.11. The van der Waals surface area contributed by atoms with Gasteiger partial charge in [0.2, 0.25) is 0 Å². The standard InChI is InChI=1S/C29H33N3O3S/c1-20-23(29(34)32-15-6-10-25(33)28(32)30-20)12-16-31(2)17-13-26(22-14-18-36-19-22)35-27-11-5-8-21-7-3-4-9-24(21)27/h3-5,7-9,11,14,18-19,25-26,33H,6,10,12-13,15-17H2,1-2H3/t25?,26-/m0/s1. The van der Waals surface area contributed by atoms with E-state index in [1.807, 2.05) is 31.2 Å². The topological polar surface area (TPSA) is 67.6 Å². The van der Waals surface area contributed by atoms with Crippen LogP contribution in [0, 0.1) is 6.92 Å². The van der Waals surface area contributed by atoms with Gasteiger partial charge in [-0.25, -0.2) is 4.98 Å². The van der Waals surface area contributed by atoms with Gasteiger partial charge in [-0.1, -0.05) is 36.4 Å². The maximum Gasteiger partial charge on any atom is 0.257 e. The molecule has 0 amide bonds. The van der Waals surface area contributed by atoms with Crippen molar-refractivity contribution in [3.05, 3.63) is 92.3 Å². The molecular weight excluding hydrogens is 470 g/mol. The van der Waals surface area contributed by atoms with Gasteiger partial charge in [0.15, 0.2) is 0 Å². The highest BCUT2D eigenvalue weighted by Crippen LogP contribution is 2.32. The number of thiophene rings is 1. The molecule has 2 atom stereocenters. The van der Waals surface area contributed by atoms with E-state index in [-0.39, 0.29) is 11.7 Å². The van der Waals surface area contributed by atoms with E-state index in [0.29, 0.717) is 25.2 Å². The van der Waals surface area contributed by atoms with Crippen LogP contribution in [0.15, 0.2) is 64.1 Å². The average Bonchev–Trinajstić information content (AvgIpc) is 3.42. The van der Waals surface area contributed by atoms with Crippen molar-refractivity contribution in [1.82, 2.24) is 14.5 Å². The smallest absolute Gasteiger partial charge is 0.257 e. The average molecular weight is 504 g/mol. The van der Waals surface area contributed by atoms with E-state index in [0.717, 1.165) is 48.3 Å². The summed E-state index contributed by atoms with van der Waals surface area (Å²) in [6, 6.07) is 16.6. The number of fused-ring (bicyclic) bond motifs is 2. The van der Waals surface area contributed by atoms with Crippen LogP contribution in [0.3, 0.4) is 0 Å². The second kappa shape index (κ2) is 10.9. The molecule has 3 heterocycles. The molecule has 0 saturated carbocycles. The van der Waals surface area contributed by atoms with Gasteiger partial charge in [-0.3, -0.25) is 9.36 Å². The lowest BCUT2D eigenvalue weighted by Gasteiger charge is -2.25. The SMILES string of the molecule is Cc1nc2n(c(=O)c1CCN(C)CC[C@H](Oc1cccc3ccccc13)c1ccsc1)CCCC2O. The fourth-order valence-corrected chi connectivity index (χ4v) is 5.71. The van der Waals surface area contributed by atoms with Gasteiger partial charge >= 0.3 is 0 Å². The van der Waals surface area contributed by atoms with E-state index >= 15 is 0 Å². The molecule has 1 aliphatic heterocycles. The van der Waals surface area contributed by atoms with Crippen molar-refractivity contribution in [3.8, 4) is 5.75 Å². The Morgan fingerprint density at radius 2 is 2.03 bits per heavy atom. The van der Waals surface area contributed by atoms with Gasteiger partial charge in [0.25, 0.3) is 5.56 Å². The summed E-state index contributed by atoms with van der Waals surface area (Å²) in [5.41, 5.74) is 2.67. The van der Waals surface area contributed by atoms with Crippen LogP contribution in [0.25, 0.3) is 10.8 Å². The zero-order valence-corrected chi connectivity index (χ0v) is 21.7. The second-order valence-electron chi connectivity index (χ2n) is 9.63. The summed E-state index contributed by atoms with van der Waals surface area (Å²) in [5, 5.41) is 16.8. The Morgan fingerprint density at radius 3 is 2.86 bits per heavy atom. The lowest BCUT2D eigenvalue weighted by molar-refractivity contribution is 0.129. The zero-order valence-electron chi connectivity index (χ0n) is 20.9. The molecule has 1 N–H and O–H groups in total. The van der Waals surface area contributed by atoms with Gasteiger partial charge in [0, 0.05) is 48.3 Å². The minimum Gasteiger partial charge on any atom is -0.485 e. The van der Waals surface area contributed by atoms with Crippen molar-refractivity contribution in [2.75, 3.05) is 20.1 Å². The van der Waals surface area contributed by atoms with Crippen molar-refractivity contribution >= 4 is 22.1 Å². The number of aliphatic hydroxyl groups excluding tert-OH is 1. The van der Waals surface area contributed by atoms with Gasteiger partial charge in [-0.05, 0) is 61.5 Å². The van der Waals surface area contributed by atoms with Gasteiger partial charge < -0.3 is 14.7 Å². The molecule has 0 aliphatic carbocycles. The normalized spacial score (nSPS) is 16.3. The highest BCUT2D eigenvalue weighted by molar-refractivity contribution is 7.07. The summed E-state index contributed by atoms with van der Waals surface area (Å²) >= 11 is 1.68. The Kier molecular flexibility index (Phi) is 7.51. The predicted octanol–water partition coefficient (Wildman–Crippen LogP) is 5.28. The van der Waals surface area contributed by atoms with E-state index < -0.39 is 6.10 Å². The molecule has 0 spiro atoms. The quantitative estimate of drug-likeness (QED) is 0.337. The van der Waals surface area contributed by atoms with Crippen molar-refractivity contribution in [2.45, 2.75) is 51.4 Å². The number of rotatable bonds is 9. The second-order valence-corrected chi connectivity index (χ2v) is 10.4. The third-order valence-corrected chi connectivity index (χ3v) is 7.81. The number of aromatic nitrogens is 2. The number of nitrogens with zero attached hydrogens (tertiary/aromatic N) is 3. The van der Waals surface area contributed by atoms with Crippen LogP contribution in [0.4, 0.5) is 0 Å². The first-order valence-electron chi connectivity index (χ1n) is 12.6. The summed E-state index contributed by atoms with van der Waals surface area (Å²) in [7, 11) is 2.09. The van der Waals surface area contributed by atoms with Crippen molar-refractivity contribution in [2.24, 2.45) is 0 Å². The number of ether oxygens (including phenoxy) is 1. The summed E-state index contributed by atoms with van der Waals surface area (Å²) < 4.78 is 8.26. The maximum absolute atomic E-state index is 13.1. The van der Waals surface area contributed by atoms with Crippen LogP contribution >= 0.6 is 11.3 Å². The fourth-order valence-electron chi connectivity index (χ4n) is 5.01. The van der Waals surface area contributed by atoms with Crippen molar-refractivity contribution < 1.29 is 9.84 Å². The Labute approximate surface area is 215 Å². The molecule has 36 heavy (non-hydrogen) atoms. The molecule has 7 heteroatoms. The Hall–Kier alpha value is -3.00. The van der Waals surface area contributed by atoms with E-state index in [9.17, 15) is 9.90 Å². The number of hydrogen-bond acceptors (Lipinski definition) is 6. The lowest BCUT2D eigenvalue weighted by atomic mass is 10.1. The van der Waals surface area contributed by atoms with Crippen LogP contribution in [-0.2, 0) is 13.0 Å². The fraction of sp³-hybridized carbons (Fsp3) is 0.379. The van der Waals surface area contributed by atoms with Gasteiger partial charge in [-0.15, -0.1) is 0 Å². The molecule has 1 unspecified atom stereocenters. The van der Waals surface area contributed by atoms with Gasteiger partial charge in [0.05, 0.1) is 0 Å².